The van der Waals surface area contributed by atoms with E-state index in [1.165, 1.54) is 21.4 Å². The minimum atomic E-state index is -0.857. The topological polar surface area (TPSA) is 31.6 Å². The van der Waals surface area contributed by atoms with Crippen LogP contribution in [0.15, 0.2) is 36.4 Å². The fourth-order valence-electron chi connectivity index (χ4n) is 2.45. The van der Waals surface area contributed by atoms with E-state index >= 15 is 0 Å². The highest BCUT2D eigenvalue weighted by atomic mass is 35.7. The summed E-state index contributed by atoms with van der Waals surface area (Å²) in [5, 5.41) is 2.35. The summed E-state index contributed by atoms with van der Waals surface area (Å²) in [5.41, 5.74) is 4.65. The van der Waals surface area contributed by atoms with Crippen molar-refractivity contribution in [3.8, 4) is 11.1 Å². The molecule has 0 bridgehead atoms. The normalized spacial score (nSPS) is 13.9. The van der Waals surface area contributed by atoms with Crippen LogP contribution in [0.25, 0.3) is 32.4 Å². The summed E-state index contributed by atoms with van der Waals surface area (Å²) in [4.78, 5) is 0. The summed E-state index contributed by atoms with van der Waals surface area (Å²) in [6.07, 6.45) is 0. The van der Waals surface area contributed by atoms with Gasteiger partial charge in [0, 0.05) is 21.4 Å². The molecule has 0 spiro atoms. The average Bonchev–Trinajstić information content (AvgIpc) is 2.38. The number of hydrogen-bond acceptors (Lipinski definition) is 0. The molecule has 2 atom stereocenters. The Morgan fingerprint density at radius 3 is 1.61 bits per heavy atom. The van der Waals surface area contributed by atoms with Crippen molar-refractivity contribution in [3.63, 3.8) is 0 Å². The smallest absolute Gasteiger partial charge is 0.0509 e. The lowest BCUT2D eigenvalue weighted by Gasteiger charge is -2.18. The molecule has 90 valence electrons. The van der Waals surface area contributed by atoms with Gasteiger partial charge in [0.1, 0.15) is 0 Å². The summed E-state index contributed by atoms with van der Waals surface area (Å²) in [6.45, 7) is 0. The van der Waals surface area contributed by atoms with Gasteiger partial charge < -0.3 is 9.49 Å². The number of H-pyrrole nitrogens is 2. The molecule has 0 radical (unpaired) electrons. The van der Waals surface area contributed by atoms with E-state index in [1.54, 1.807) is 0 Å². The molecule has 2 N–H and O–H groups in total. The highest BCUT2D eigenvalue weighted by Gasteiger charge is 2.18. The molecule has 2 nitrogen and oxygen atoms in total. The third-order valence-corrected chi connectivity index (χ3v) is 7.26. The van der Waals surface area contributed by atoms with Gasteiger partial charge in [-0.15, -0.1) is 0 Å². The molecule has 0 saturated carbocycles. The first-order valence-corrected chi connectivity index (χ1v) is 9.96. The van der Waals surface area contributed by atoms with Crippen LogP contribution in [0.5, 0.6) is 0 Å². The van der Waals surface area contributed by atoms with Crippen LogP contribution in [0.3, 0.4) is 0 Å². The van der Waals surface area contributed by atoms with E-state index in [9.17, 15) is 0 Å². The van der Waals surface area contributed by atoms with Crippen LogP contribution in [-0.4, -0.2) is 9.49 Å². The van der Waals surface area contributed by atoms with Gasteiger partial charge in [-0.3, -0.25) is 0 Å². The number of aromatic nitrogens is 2. The van der Waals surface area contributed by atoms with Crippen molar-refractivity contribution < 1.29 is 0 Å². The highest BCUT2D eigenvalue weighted by Crippen LogP contribution is 2.53. The molecule has 0 aromatic heterocycles. The predicted molar refractivity (Wildman–Crippen MR) is 83.5 cm³/mol. The second-order valence-corrected chi connectivity index (χ2v) is 8.75. The van der Waals surface area contributed by atoms with E-state index in [4.69, 9.17) is 22.5 Å². The quantitative estimate of drug-likeness (QED) is 0.357. The second kappa shape index (κ2) is 3.85. The third-order valence-electron chi connectivity index (χ3n) is 3.20. The molecular formula is C12H8Cl2N2P2. The van der Waals surface area contributed by atoms with Crippen molar-refractivity contribution in [2.75, 3.05) is 0 Å². The molecule has 18 heavy (non-hydrogen) atoms. The van der Waals surface area contributed by atoms with E-state index in [-0.39, 0.29) is 0 Å². The number of aromatic amines is 2. The van der Waals surface area contributed by atoms with Crippen molar-refractivity contribution in [3.05, 3.63) is 36.4 Å². The Balaban J connectivity index is 2.44. The maximum absolute atomic E-state index is 6.46. The van der Waals surface area contributed by atoms with E-state index in [1.807, 2.05) is 12.1 Å². The first-order valence-electron chi connectivity index (χ1n) is 5.47. The van der Waals surface area contributed by atoms with Gasteiger partial charge in [0.2, 0.25) is 0 Å². The van der Waals surface area contributed by atoms with Gasteiger partial charge in [0.15, 0.2) is 0 Å². The molecular weight excluding hydrogens is 305 g/mol. The molecule has 0 amide bonds. The molecule has 2 heterocycles. The first kappa shape index (κ1) is 11.1. The molecule has 4 rings (SSSR count). The number of rotatable bonds is 0. The Morgan fingerprint density at radius 2 is 1.17 bits per heavy atom. The number of hydrogen-bond donors (Lipinski definition) is 2. The van der Waals surface area contributed by atoms with Crippen LogP contribution >= 0.6 is 36.6 Å². The Hall–Kier alpha value is -0.780. The van der Waals surface area contributed by atoms with Gasteiger partial charge in [-0.2, -0.15) is 0 Å². The number of halogens is 2. The Morgan fingerprint density at radius 1 is 0.722 bits per heavy atom. The molecule has 2 aromatic rings. The maximum Gasteiger partial charge on any atom is 0.0509 e. The predicted octanol–water partition coefficient (Wildman–Crippen LogP) is 6.29. The van der Waals surface area contributed by atoms with Gasteiger partial charge in [0.25, 0.3) is 0 Å². The summed E-state index contributed by atoms with van der Waals surface area (Å²) >= 11 is 12.9. The molecule has 2 unspecified atom stereocenters. The van der Waals surface area contributed by atoms with Crippen LogP contribution < -0.4 is 0 Å². The van der Waals surface area contributed by atoms with Crippen molar-refractivity contribution in [1.29, 1.82) is 0 Å². The zero-order chi connectivity index (χ0) is 12.3. The highest BCUT2D eigenvalue weighted by molar-refractivity contribution is 7.79. The van der Waals surface area contributed by atoms with Crippen molar-refractivity contribution in [1.82, 2.24) is 9.49 Å². The number of nitrogens with one attached hydrogen (secondary N) is 2. The number of benzene rings is 2. The van der Waals surface area contributed by atoms with Crippen LogP contribution in [0.2, 0.25) is 0 Å². The Labute approximate surface area is 115 Å². The molecule has 2 aromatic carbocycles. The van der Waals surface area contributed by atoms with Crippen LogP contribution in [0.1, 0.15) is 0 Å². The summed E-state index contributed by atoms with van der Waals surface area (Å²) in [5.74, 6) is 0. The third kappa shape index (κ3) is 1.38. The van der Waals surface area contributed by atoms with E-state index < -0.39 is 14.1 Å². The summed E-state index contributed by atoms with van der Waals surface area (Å²) in [7, 11) is -1.71. The van der Waals surface area contributed by atoms with E-state index in [2.05, 4.69) is 33.8 Å². The lowest BCUT2D eigenvalue weighted by Crippen LogP contribution is -1.91. The van der Waals surface area contributed by atoms with E-state index in [0.29, 0.717) is 0 Å². The second-order valence-electron chi connectivity index (χ2n) is 4.18. The van der Waals surface area contributed by atoms with Gasteiger partial charge >= 0.3 is 0 Å². The molecule has 0 aliphatic carbocycles. The monoisotopic (exact) mass is 312 g/mol. The molecule has 2 aliphatic rings. The fraction of sp³-hybridized carbons (Fsp3) is 0. The minimum absolute atomic E-state index is 0.857. The van der Waals surface area contributed by atoms with Crippen LogP contribution in [0, 0.1) is 0 Å². The Kier molecular flexibility index (Phi) is 2.37. The fourth-order valence-corrected chi connectivity index (χ4v) is 6.17. The van der Waals surface area contributed by atoms with Gasteiger partial charge in [-0.1, -0.05) is 12.1 Å². The standard InChI is InChI=1S/C12H8Cl2N2P2/c13-17-9-5-1-3-7-11(9)12-8(16-17)4-2-6-10(12)18(14)15-7/h1-6,15-16H. The zero-order valence-corrected chi connectivity index (χ0v) is 12.4. The largest absolute Gasteiger partial charge is 0.333 e. The summed E-state index contributed by atoms with van der Waals surface area (Å²) < 4.78 is 6.79. The average molecular weight is 313 g/mol. The Bertz CT molecular complexity index is 793. The van der Waals surface area contributed by atoms with Gasteiger partial charge in [-0.25, -0.2) is 0 Å². The van der Waals surface area contributed by atoms with Gasteiger partial charge in [-0.05, 0) is 46.7 Å². The first-order chi connectivity index (χ1) is 8.75. The van der Waals surface area contributed by atoms with Crippen LogP contribution in [0.4, 0.5) is 0 Å². The van der Waals surface area contributed by atoms with Crippen molar-refractivity contribution in [2.45, 2.75) is 0 Å². The van der Waals surface area contributed by atoms with Crippen molar-refractivity contribution >= 4 is 57.8 Å². The molecule has 6 heteroatoms. The van der Waals surface area contributed by atoms with Crippen molar-refractivity contribution in [2.24, 2.45) is 0 Å². The van der Waals surface area contributed by atoms with Gasteiger partial charge in [0.05, 0.1) is 25.1 Å². The molecule has 2 aliphatic heterocycles. The SMILES string of the molecule is Clp1[nH]c2cccc3c2-c2c(cccc21)[nH]p3Cl. The zero-order valence-electron chi connectivity index (χ0n) is 9.11. The lowest BCUT2D eigenvalue weighted by molar-refractivity contribution is 1.57. The summed E-state index contributed by atoms with van der Waals surface area (Å²) in [6, 6.07) is 12.4. The molecule has 0 fully saturated rings. The molecule has 0 saturated heterocycles. The maximum atomic E-state index is 6.46. The minimum Gasteiger partial charge on any atom is -0.333 e. The lowest BCUT2D eigenvalue weighted by atomic mass is 10.0. The van der Waals surface area contributed by atoms with Crippen LogP contribution in [-0.2, 0) is 0 Å². The van der Waals surface area contributed by atoms with E-state index in [0.717, 1.165) is 11.0 Å².